The number of hydrogen-bond acceptors (Lipinski definition) is 0. The van der Waals surface area contributed by atoms with Crippen LogP contribution in [0.15, 0.2) is 0 Å². The van der Waals surface area contributed by atoms with E-state index in [4.69, 9.17) is 0 Å². The smallest absolute Gasteiger partial charge is 0.0326 e. The number of hydrogen-bond donors (Lipinski definition) is 0. The van der Waals surface area contributed by atoms with Crippen LogP contribution < -0.4 is 0 Å². The second-order valence-corrected chi connectivity index (χ2v) is 5.70. The van der Waals surface area contributed by atoms with E-state index in [0.29, 0.717) is 0 Å². The fourth-order valence-electron chi connectivity index (χ4n) is 4.45. The van der Waals surface area contributed by atoms with Gasteiger partial charge in [-0.2, -0.15) is 0 Å². The van der Waals surface area contributed by atoms with Crippen molar-refractivity contribution in [3.63, 3.8) is 0 Å². The minimum atomic E-state index is 1.04. The van der Waals surface area contributed by atoms with Gasteiger partial charge in [0.05, 0.1) is 0 Å². The van der Waals surface area contributed by atoms with Crippen molar-refractivity contribution in [1.82, 2.24) is 0 Å². The van der Waals surface area contributed by atoms with Crippen molar-refractivity contribution >= 4 is 0 Å². The molecule has 6 atom stereocenters. The summed E-state index contributed by atoms with van der Waals surface area (Å²) in [6.45, 7) is 4.92. The van der Waals surface area contributed by atoms with Crippen molar-refractivity contribution in [2.45, 2.75) is 39.5 Å². The Morgan fingerprint density at radius 1 is 0.833 bits per heavy atom. The fraction of sp³-hybridized carbons (Fsp3) is 1.00. The second-order valence-electron chi connectivity index (χ2n) is 5.70. The highest BCUT2D eigenvalue weighted by atomic mass is 14.6. The topological polar surface area (TPSA) is 0 Å². The first-order chi connectivity index (χ1) is 5.77. The minimum Gasteiger partial charge on any atom is -0.0625 e. The van der Waals surface area contributed by atoms with Crippen molar-refractivity contribution in [3.8, 4) is 0 Å². The van der Waals surface area contributed by atoms with E-state index < -0.39 is 0 Å². The van der Waals surface area contributed by atoms with Crippen molar-refractivity contribution in [2.24, 2.45) is 35.5 Å². The molecule has 6 unspecified atom stereocenters. The summed E-state index contributed by atoms with van der Waals surface area (Å²) in [4.78, 5) is 0. The van der Waals surface area contributed by atoms with Crippen molar-refractivity contribution in [3.05, 3.63) is 0 Å². The Bertz CT molecular complexity index is 188. The van der Waals surface area contributed by atoms with E-state index in [1.165, 1.54) is 30.1 Å². The van der Waals surface area contributed by atoms with Crippen LogP contribution in [0.2, 0.25) is 0 Å². The highest BCUT2D eigenvalue weighted by Crippen LogP contribution is 2.66. The SMILES string of the molecule is CC1CCC2C(C1)C1C(C)CC21. The summed E-state index contributed by atoms with van der Waals surface area (Å²) in [5.41, 5.74) is 0. The molecule has 0 spiro atoms. The maximum absolute atomic E-state index is 2.47. The predicted molar refractivity (Wildman–Crippen MR) is 50.8 cm³/mol. The first kappa shape index (κ1) is 7.41. The largest absolute Gasteiger partial charge is 0.0625 e. The molecule has 12 heavy (non-hydrogen) atoms. The molecule has 3 aliphatic rings. The lowest BCUT2D eigenvalue weighted by Gasteiger charge is -2.66. The lowest BCUT2D eigenvalue weighted by molar-refractivity contribution is -0.170. The van der Waals surface area contributed by atoms with Crippen LogP contribution in [0.3, 0.4) is 0 Å². The third kappa shape index (κ3) is 0.744. The van der Waals surface area contributed by atoms with E-state index in [0.717, 1.165) is 11.8 Å². The molecule has 0 aromatic heterocycles. The molecule has 0 N–H and O–H groups in total. The van der Waals surface area contributed by atoms with Crippen molar-refractivity contribution < 1.29 is 0 Å². The van der Waals surface area contributed by atoms with Gasteiger partial charge < -0.3 is 0 Å². The Balaban J connectivity index is 1.72. The van der Waals surface area contributed by atoms with Crippen molar-refractivity contribution in [2.75, 3.05) is 0 Å². The third-order valence-electron chi connectivity index (χ3n) is 5.06. The molecule has 0 heterocycles. The van der Waals surface area contributed by atoms with Crippen LogP contribution in [0.5, 0.6) is 0 Å². The molecule has 0 nitrogen and oxygen atoms in total. The van der Waals surface area contributed by atoms with E-state index in [1.807, 2.05) is 0 Å². The molecular formula is C12H20. The Kier molecular flexibility index (Phi) is 1.40. The predicted octanol–water partition coefficient (Wildman–Crippen LogP) is 3.32. The fourth-order valence-corrected chi connectivity index (χ4v) is 4.45. The van der Waals surface area contributed by atoms with Gasteiger partial charge in [0.1, 0.15) is 0 Å². The third-order valence-corrected chi connectivity index (χ3v) is 5.06. The average molecular weight is 164 g/mol. The second kappa shape index (κ2) is 2.27. The maximum atomic E-state index is 2.47. The van der Waals surface area contributed by atoms with Gasteiger partial charge in [0.15, 0.2) is 0 Å². The van der Waals surface area contributed by atoms with Gasteiger partial charge in [0.2, 0.25) is 0 Å². The van der Waals surface area contributed by atoms with E-state index in [2.05, 4.69) is 13.8 Å². The number of fused-ring (bicyclic) bond motifs is 4. The summed E-state index contributed by atoms with van der Waals surface area (Å²) in [6, 6.07) is 0. The van der Waals surface area contributed by atoms with Crippen LogP contribution in [-0.4, -0.2) is 0 Å². The number of rotatable bonds is 0. The summed E-state index contributed by atoms with van der Waals surface area (Å²) in [5, 5.41) is 0. The molecular weight excluding hydrogens is 144 g/mol. The molecule has 0 saturated heterocycles. The van der Waals surface area contributed by atoms with Gasteiger partial charge >= 0.3 is 0 Å². The van der Waals surface area contributed by atoms with Crippen LogP contribution in [-0.2, 0) is 0 Å². The monoisotopic (exact) mass is 164 g/mol. The summed E-state index contributed by atoms with van der Waals surface area (Å²) < 4.78 is 0. The lowest BCUT2D eigenvalue weighted by atomic mass is 9.39. The Hall–Kier alpha value is 0. The minimum absolute atomic E-state index is 1.04. The Morgan fingerprint density at radius 3 is 2.33 bits per heavy atom. The average Bonchev–Trinajstić information content (AvgIpc) is 2.00. The quantitative estimate of drug-likeness (QED) is 0.515. The van der Waals surface area contributed by atoms with Gasteiger partial charge in [-0.1, -0.05) is 20.3 Å². The zero-order chi connectivity index (χ0) is 8.29. The van der Waals surface area contributed by atoms with Gasteiger partial charge in [0, 0.05) is 0 Å². The Morgan fingerprint density at radius 2 is 1.58 bits per heavy atom. The first-order valence-corrected chi connectivity index (χ1v) is 5.77. The van der Waals surface area contributed by atoms with E-state index in [-0.39, 0.29) is 0 Å². The molecule has 68 valence electrons. The first-order valence-electron chi connectivity index (χ1n) is 5.77. The highest BCUT2D eigenvalue weighted by Gasteiger charge is 2.59. The van der Waals surface area contributed by atoms with Gasteiger partial charge in [-0.05, 0) is 54.8 Å². The molecule has 3 fully saturated rings. The van der Waals surface area contributed by atoms with E-state index in [1.54, 1.807) is 19.3 Å². The van der Waals surface area contributed by atoms with Gasteiger partial charge in [-0.15, -0.1) is 0 Å². The Labute approximate surface area is 75.7 Å². The summed E-state index contributed by atoms with van der Waals surface area (Å²) in [7, 11) is 0. The molecule has 0 aliphatic heterocycles. The normalized spacial score (nSPS) is 62.5. The molecule has 0 aromatic rings. The zero-order valence-corrected chi connectivity index (χ0v) is 8.29. The van der Waals surface area contributed by atoms with Crippen LogP contribution in [0, 0.1) is 35.5 Å². The highest BCUT2D eigenvalue weighted by molar-refractivity contribution is 5.07. The van der Waals surface area contributed by atoms with Crippen molar-refractivity contribution in [1.29, 1.82) is 0 Å². The van der Waals surface area contributed by atoms with Gasteiger partial charge in [-0.3, -0.25) is 0 Å². The summed E-state index contributed by atoms with van der Waals surface area (Å²) >= 11 is 0. The molecule has 0 aromatic carbocycles. The molecule has 3 aliphatic carbocycles. The molecule has 0 amide bonds. The molecule has 0 bridgehead atoms. The summed E-state index contributed by atoms with van der Waals surface area (Å²) in [5.74, 6) is 6.85. The van der Waals surface area contributed by atoms with Crippen LogP contribution in [0.1, 0.15) is 39.5 Å². The van der Waals surface area contributed by atoms with Gasteiger partial charge in [-0.25, -0.2) is 0 Å². The molecule has 0 radical (unpaired) electrons. The maximum Gasteiger partial charge on any atom is -0.0326 e. The van der Waals surface area contributed by atoms with Gasteiger partial charge in [0.25, 0.3) is 0 Å². The van der Waals surface area contributed by atoms with E-state index in [9.17, 15) is 0 Å². The molecule has 3 rings (SSSR count). The standard InChI is InChI=1S/C12H20/c1-7-3-4-9-10(5-7)12-8(2)6-11(9)12/h7-12H,3-6H2,1-2H3. The lowest BCUT2D eigenvalue weighted by Crippen LogP contribution is -2.59. The molecule has 3 saturated carbocycles. The van der Waals surface area contributed by atoms with Crippen LogP contribution in [0.25, 0.3) is 0 Å². The van der Waals surface area contributed by atoms with Crippen LogP contribution >= 0.6 is 0 Å². The van der Waals surface area contributed by atoms with E-state index >= 15 is 0 Å². The van der Waals surface area contributed by atoms with Crippen LogP contribution in [0.4, 0.5) is 0 Å². The summed E-state index contributed by atoms with van der Waals surface area (Å²) in [6.07, 6.45) is 6.23. The molecule has 0 heteroatoms. The zero-order valence-electron chi connectivity index (χ0n) is 8.29.